The molecule has 0 saturated heterocycles. The number of nitrogens with zero attached hydrogens (tertiary/aromatic N) is 3. The summed E-state index contributed by atoms with van der Waals surface area (Å²) in [6.45, 7) is 0. The van der Waals surface area contributed by atoms with Gasteiger partial charge in [-0.25, -0.2) is 0 Å². The van der Waals surface area contributed by atoms with E-state index in [-0.39, 0.29) is 5.75 Å². The van der Waals surface area contributed by atoms with E-state index in [1.54, 1.807) is 6.07 Å². The molecule has 0 fully saturated rings. The summed E-state index contributed by atoms with van der Waals surface area (Å²) >= 11 is 1.98. The van der Waals surface area contributed by atoms with Crippen LogP contribution in [0.25, 0.3) is 10.4 Å². The molecular formula is C6H4IN3O. The van der Waals surface area contributed by atoms with Crippen LogP contribution in [-0.2, 0) is 0 Å². The molecular weight excluding hydrogens is 257 g/mol. The Hall–Kier alpha value is -0.940. The lowest BCUT2D eigenvalue weighted by atomic mass is 10.3. The summed E-state index contributed by atoms with van der Waals surface area (Å²) in [6.07, 6.45) is 0. The van der Waals surface area contributed by atoms with E-state index in [0.29, 0.717) is 5.69 Å². The third-order valence-electron chi connectivity index (χ3n) is 1.08. The van der Waals surface area contributed by atoms with E-state index in [9.17, 15) is 0 Å². The average molecular weight is 261 g/mol. The van der Waals surface area contributed by atoms with E-state index < -0.39 is 0 Å². The van der Waals surface area contributed by atoms with Crippen molar-refractivity contribution in [2.75, 3.05) is 0 Å². The van der Waals surface area contributed by atoms with Gasteiger partial charge in [-0.15, -0.1) is 0 Å². The summed E-state index contributed by atoms with van der Waals surface area (Å²) in [5.41, 5.74) is 8.64. The van der Waals surface area contributed by atoms with Gasteiger partial charge in [0.1, 0.15) is 5.75 Å². The molecule has 0 spiro atoms. The summed E-state index contributed by atoms with van der Waals surface area (Å²) < 4.78 is 0.736. The van der Waals surface area contributed by atoms with Gasteiger partial charge in [-0.1, -0.05) is 5.11 Å². The lowest BCUT2D eigenvalue weighted by Crippen LogP contribution is -1.70. The Morgan fingerprint density at radius 1 is 1.55 bits per heavy atom. The molecule has 0 aliphatic rings. The number of azide groups is 1. The number of hydrogen-bond acceptors (Lipinski definition) is 2. The Kier molecular flexibility index (Phi) is 2.56. The minimum absolute atomic E-state index is 0.172. The Labute approximate surface area is 76.6 Å². The maximum absolute atomic E-state index is 8.97. The number of aromatic hydroxyl groups is 1. The predicted molar refractivity (Wildman–Crippen MR) is 49.6 cm³/mol. The van der Waals surface area contributed by atoms with Crippen molar-refractivity contribution >= 4 is 28.3 Å². The quantitative estimate of drug-likeness (QED) is 0.359. The van der Waals surface area contributed by atoms with E-state index in [1.807, 2.05) is 22.6 Å². The summed E-state index contributed by atoms with van der Waals surface area (Å²) in [5.74, 6) is 0.172. The van der Waals surface area contributed by atoms with Gasteiger partial charge >= 0.3 is 0 Å². The van der Waals surface area contributed by atoms with Gasteiger partial charge in [0.25, 0.3) is 0 Å². The van der Waals surface area contributed by atoms with Crippen LogP contribution in [0.5, 0.6) is 5.75 Å². The maximum Gasteiger partial charge on any atom is 0.116 e. The second-order valence-electron chi connectivity index (χ2n) is 1.83. The van der Waals surface area contributed by atoms with Crippen molar-refractivity contribution in [2.45, 2.75) is 0 Å². The Morgan fingerprint density at radius 2 is 2.27 bits per heavy atom. The normalized spacial score (nSPS) is 8.82. The Morgan fingerprint density at radius 3 is 2.82 bits per heavy atom. The van der Waals surface area contributed by atoms with Gasteiger partial charge in [0.2, 0.25) is 0 Å². The molecule has 1 aromatic rings. The highest BCUT2D eigenvalue weighted by molar-refractivity contribution is 14.1. The monoisotopic (exact) mass is 261 g/mol. The van der Waals surface area contributed by atoms with Gasteiger partial charge in [0, 0.05) is 8.48 Å². The first-order valence-corrected chi connectivity index (χ1v) is 3.85. The van der Waals surface area contributed by atoms with Crippen LogP contribution in [0.1, 0.15) is 0 Å². The smallest absolute Gasteiger partial charge is 0.116 e. The number of phenolic OH excluding ortho intramolecular Hbond substituents is 1. The largest absolute Gasteiger partial charge is 0.508 e. The van der Waals surface area contributed by atoms with Gasteiger partial charge < -0.3 is 5.11 Å². The minimum atomic E-state index is 0.172. The number of benzene rings is 1. The lowest BCUT2D eigenvalue weighted by molar-refractivity contribution is 0.475. The van der Waals surface area contributed by atoms with Gasteiger partial charge in [-0.05, 0) is 46.3 Å². The summed E-state index contributed by atoms with van der Waals surface area (Å²) in [5, 5.41) is 12.4. The van der Waals surface area contributed by atoms with Crippen molar-refractivity contribution in [3.63, 3.8) is 0 Å². The molecule has 0 amide bonds. The van der Waals surface area contributed by atoms with E-state index in [4.69, 9.17) is 10.6 Å². The molecule has 56 valence electrons. The Bertz CT molecular complexity index is 320. The molecule has 4 nitrogen and oxygen atoms in total. The number of rotatable bonds is 1. The van der Waals surface area contributed by atoms with Crippen molar-refractivity contribution < 1.29 is 5.11 Å². The van der Waals surface area contributed by atoms with Crippen LogP contribution < -0.4 is 0 Å². The minimum Gasteiger partial charge on any atom is -0.508 e. The number of phenols is 1. The average Bonchev–Trinajstić information content (AvgIpc) is 1.95. The van der Waals surface area contributed by atoms with Crippen molar-refractivity contribution in [3.05, 3.63) is 32.2 Å². The Balaban J connectivity index is 3.19. The molecule has 5 heteroatoms. The molecule has 0 saturated carbocycles. The first kappa shape index (κ1) is 8.16. The van der Waals surface area contributed by atoms with Crippen LogP contribution in [-0.4, -0.2) is 5.11 Å². The molecule has 0 radical (unpaired) electrons. The molecule has 1 N–H and O–H groups in total. The fourth-order valence-electron chi connectivity index (χ4n) is 0.625. The third kappa shape index (κ3) is 1.99. The first-order chi connectivity index (χ1) is 5.24. The molecule has 0 bridgehead atoms. The number of halogens is 1. The zero-order valence-corrected chi connectivity index (χ0v) is 7.56. The van der Waals surface area contributed by atoms with Gasteiger partial charge in [-0.3, -0.25) is 0 Å². The fourth-order valence-corrected chi connectivity index (χ4v) is 1.23. The number of hydrogen-bond donors (Lipinski definition) is 1. The highest BCUT2D eigenvalue weighted by atomic mass is 127. The predicted octanol–water partition coefficient (Wildman–Crippen LogP) is 2.94. The molecule has 1 aromatic carbocycles. The topological polar surface area (TPSA) is 69.0 Å². The van der Waals surface area contributed by atoms with E-state index in [2.05, 4.69) is 10.0 Å². The van der Waals surface area contributed by atoms with Crippen LogP contribution in [0, 0.1) is 3.57 Å². The molecule has 11 heavy (non-hydrogen) atoms. The van der Waals surface area contributed by atoms with Crippen molar-refractivity contribution in [2.24, 2.45) is 5.11 Å². The summed E-state index contributed by atoms with van der Waals surface area (Å²) in [7, 11) is 0. The molecule has 0 heterocycles. The van der Waals surface area contributed by atoms with Crippen LogP contribution in [0.4, 0.5) is 5.69 Å². The van der Waals surface area contributed by atoms with Crippen LogP contribution >= 0.6 is 22.6 Å². The van der Waals surface area contributed by atoms with E-state index >= 15 is 0 Å². The highest BCUT2D eigenvalue weighted by Gasteiger charge is 1.96. The highest BCUT2D eigenvalue weighted by Crippen LogP contribution is 2.25. The molecule has 0 atom stereocenters. The fraction of sp³-hybridized carbons (Fsp3) is 0. The summed E-state index contributed by atoms with van der Waals surface area (Å²) in [6, 6.07) is 4.58. The zero-order chi connectivity index (χ0) is 8.27. The third-order valence-corrected chi connectivity index (χ3v) is 1.95. The van der Waals surface area contributed by atoms with Crippen LogP contribution in [0.15, 0.2) is 23.3 Å². The lowest BCUT2D eigenvalue weighted by Gasteiger charge is -1.95. The second kappa shape index (κ2) is 3.45. The maximum atomic E-state index is 8.97. The van der Waals surface area contributed by atoms with E-state index in [1.165, 1.54) is 12.1 Å². The zero-order valence-electron chi connectivity index (χ0n) is 5.40. The van der Waals surface area contributed by atoms with Gasteiger partial charge in [0.15, 0.2) is 0 Å². The molecule has 1 rings (SSSR count). The van der Waals surface area contributed by atoms with Gasteiger partial charge in [0.05, 0.1) is 5.69 Å². The molecule has 0 aromatic heterocycles. The molecule has 0 unspecified atom stereocenters. The SMILES string of the molecule is [N-]=[N+]=Nc1ccc(O)cc1I. The van der Waals surface area contributed by atoms with Crippen LogP contribution in [0.3, 0.4) is 0 Å². The molecule has 0 aliphatic heterocycles. The summed E-state index contributed by atoms with van der Waals surface area (Å²) in [4.78, 5) is 2.63. The standard InChI is InChI=1S/C6H4IN3O/c7-5-3-4(11)1-2-6(5)9-10-8/h1-3,11H. The van der Waals surface area contributed by atoms with Crippen molar-refractivity contribution in [1.82, 2.24) is 0 Å². The van der Waals surface area contributed by atoms with Crippen molar-refractivity contribution in [3.8, 4) is 5.75 Å². The van der Waals surface area contributed by atoms with E-state index in [0.717, 1.165) is 3.57 Å². The second-order valence-corrected chi connectivity index (χ2v) is 2.99. The van der Waals surface area contributed by atoms with Crippen molar-refractivity contribution in [1.29, 1.82) is 0 Å². The first-order valence-electron chi connectivity index (χ1n) is 2.77. The van der Waals surface area contributed by atoms with Crippen LogP contribution in [0.2, 0.25) is 0 Å². The van der Waals surface area contributed by atoms with Gasteiger partial charge in [-0.2, -0.15) is 0 Å². The molecule has 0 aliphatic carbocycles.